The largest absolute Gasteiger partial charge is 0.376 e. The van der Waals surface area contributed by atoms with Crippen molar-refractivity contribution in [2.24, 2.45) is 5.84 Å². The van der Waals surface area contributed by atoms with Gasteiger partial charge in [0.05, 0.1) is 32.3 Å². The van der Waals surface area contributed by atoms with Crippen LogP contribution in [0.2, 0.25) is 0 Å². The molecular formula is C6H12N2O3. The van der Waals surface area contributed by atoms with Gasteiger partial charge in [0.1, 0.15) is 0 Å². The molecule has 1 fully saturated rings. The Morgan fingerprint density at radius 1 is 1.64 bits per heavy atom. The van der Waals surface area contributed by atoms with Crippen molar-refractivity contribution in [2.75, 3.05) is 19.8 Å². The number of nitrogens with two attached hydrogens (primary N) is 1. The molecule has 1 rings (SSSR count). The minimum absolute atomic E-state index is 0.132. The van der Waals surface area contributed by atoms with E-state index in [1.54, 1.807) is 0 Å². The molecule has 1 heterocycles. The Bertz CT molecular complexity index is 134. The van der Waals surface area contributed by atoms with Crippen LogP contribution in [0, 0.1) is 0 Å². The summed E-state index contributed by atoms with van der Waals surface area (Å²) in [7, 11) is 0. The Kier molecular flexibility index (Phi) is 3.28. The summed E-state index contributed by atoms with van der Waals surface area (Å²) in [5.41, 5.74) is 2.04. The van der Waals surface area contributed by atoms with Gasteiger partial charge in [0.2, 0.25) is 5.91 Å². The first-order chi connectivity index (χ1) is 5.33. The van der Waals surface area contributed by atoms with Gasteiger partial charge in [0.25, 0.3) is 0 Å². The van der Waals surface area contributed by atoms with Gasteiger partial charge in [-0.1, -0.05) is 0 Å². The van der Waals surface area contributed by atoms with Crippen molar-refractivity contribution >= 4 is 5.91 Å². The van der Waals surface area contributed by atoms with Crippen molar-refractivity contribution in [1.29, 1.82) is 0 Å². The molecule has 0 aromatic heterocycles. The van der Waals surface area contributed by atoms with E-state index < -0.39 is 0 Å². The van der Waals surface area contributed by atoms with E-state index in [1.807, 2.05) is 5.43 Å². The van der Waals surface area contributed by atoms with Crippen LogP contribution in [0.25, 0.3) is 0 Å². The Labute approximate surface area is 64.8 Å². The molecule has 1 atom stereocenters. The maximum absolute atomic E-state index is 10.7. The van der Waals surface area contributed by atoms with Crippen LogP contribution in [-0.2, 0) is 14.3 Å². The van der Waals surface area contributed by atoms with Crippen LogP contribution >= 0.6 is 0 Å². The van der Waals surface area contributed by atoms with Gasteiger partial charge in [-0.15, -0.1) is 0 Å². The lowest BCUT2D eigenvalue weighted by atomic mass is 10.2. The Morgan fingerprint density at radius 2 is 2.45 bits per heavy atom. The van der Waals surface area contributed by atoms with Crippen LogP contribution in [0.1, 0.15) is 6.42 Å². The van der Waals surface area contributed by atoms with Gasteiger partial charge < -0.3 is 9.47 Å². The third-order valence-electron chi connectivity index (χ3n) is 1.46. The number of ether oxygens (including phenoxy) is 2. The van der Waals surface area contributed by atoms with E-state index in [1.165, 1.54) is 0 Å². The summed E-state index contributed by atoms with van der Waals surface area (Å²) in [6.07, 6.45) is 0.142. The molecule has 0 radical (unpaired) electrons. The topological polar surface area (TPSA) is 73.6 Å². The molecule has 1 unspecified atom stereocenters. The predicted molar refractivity (Wildman–Crippen MR) is 37.5 cm³/mol. The van der Waals surface area contributed by atoms with Crippen LogP contribution in [0.5, 0.6) is 0 Å². The fourth-order valence-corrected chi connectivity index (χ4v) is 0.920. The van der Waals surface area contributed by atoms with E-state index in [9.17, 15) is 4.79 Å². The Balaban J connectivity index is 2.19. The summed E-state index contributed by atoms with van der Waals surface area (Å²) in [4.78, 5) is 10.7. The van der Waals surface area contributed by atoms with Gasteiger partial charge in [-0.25, -0.2) is 5.84 Å². The summed E-state index contributed by atoms with van der Waals surface area (Å²) in [5.74, 6) is 4.67. The van der Waals surface area contributed by atoms with E-state index >= 15 is 0 Å². The molecule has 0 aliphatic carbocycles. The van der Waals surface area contributed by atoms with Gasteiger partial charge in [0, 0.05) is 0 Å². The van der Waals surface area contributed by atoms with Gasteiger partial charge in [-0.3, -0.25) is 10.2 Å². The van der Waals surface area contributed by atoms with Gasteiger partial charge in [-0.05, 0) is 0 Å². The molecule has 5 heteroatoms. The molecular weight excluding hydrogens is 148 g/mol. The summed E-state index contributed by atoms with van der Waals surface area (Å²) in [6.45, 7) is 1.65. The quantitative estimate of drug-likeness (QED) is 0.302. The number of hydrogen-bond donors (Lipinski definition) is 2. The number of amides is 1. The van der Waals surface area contributed by atoms with Crippen molar-refractivity contribution in [2.45, 2.75) is 12.5 Å². The number of carbonyl (C=O) groups is 1. The lowest BCUT2D eigenvalue weighted by Gasteiger charge is -2.21. The average Bonchev–Trinajstić information content (AvgIpc) is 2.06. The predicted octanol–water partition coefficient (Wildman–Crippen LogP) is -1.22. The fourth-order valence-electron chi connectivity index (χ4n) is 0.920. The standard InChI is InChI=1S/C6H12N2O3/c7-8-6(9)3-5-4-10-1-2-11-5/h5H,1-4,7H2,(H,8,9). The van der Waals surface area contributed by atoms with Gasteiger partial charge in [0.15, 0.2) is 0 Å². The molecule has 64 valence electrons. The molecule has 5 nitrogen and oxygen atoms in total. The second kappa shape index (κ2) is 4.27. The minimum Gasteiger partial charge on any atom is -0.376 e. The molecule has 11 heavy (non-hydrogen) atoms. The molecule has 0 spiro atoms. The molecule has 0 saturated carbocycles. The summed E-state index contributed by atoms with van der Waals surface area (Å²) in [6, 6.07) is 0. The molecule has 0 aromatic carbocycles. The molecule has 0 aromatic rings. The summed E-state index contributed by atoms with van der Waals surface area (Å²) in [5, 5.41) is 0. The highest BCUT2D eigenvalue weighted by atomic mass is 16.6. The molecule has 3 N–H and O–H groups in total. The van der Waals surface area contributed by atoms with Crippen molar-refractivity contribution < 1.29 is 14.3 Å². The maximum Gasteiger partial charge on any atom is 0.236 e. The molecule has 1 saturated heterocycles. The number of nitrogens with one attached hydrogen (secondary N) is 1. The zero-order chi connectivity index (χ0) is 8.10. The summed E-state index contributed by atoms with van der Waals surface area (Å²) < 4.78 is 10.3. The van der Waals surface area contributed by atoms with E-state index in [0.717, 1.165) is 0 Å². The maximum atomic E-state index is 10.7. The number of rotatable bonds is 2. The smallest absolute Gasteiger partial charge is 0.236 e. The zero-order valence-corrected chi connectivity index (χ0v) is 6.21. The Hall–Kier alpha value is -0.650. The number of hydrogen-bond acceptors (Lipinski definition) is 4. The monoisotopic (exact) mass is 160 g/mol. The highest BCUT2D eigenvalue weighted by molar-refractivity contribution is 5.75. The first-order valence-corrected chi connectivity index (χ1v) is 3.51. The fraction of sp³-hybridized carbons (Fsp3) is 0.833. The first kappa shape index (κ1) is 8.45. The van der Waals surface area contributed by atoms with E-state index in [-0.39, 0.29) is 18.4 Å². The van der Waals surface area contributed by atoms with E-state index in [2.05, 4.69) is 0 Å². The second-order valence-corrected chi connectivity index (χ2v) is 2.34. The third-order valence-corrected chi connectivity index (χ3v) is 1.46. The van der Waals surface area contributed by atoms with Crippen LogP contribution < -0.4 is 11.3 Å². The van der Waals surface area contributed by atoms with Gasteiger partial charge in [-0.2, -0.15) is 0 Å². The van der Waals surface area contributed by atoms with Crippen LogP contribution in [0.3, 0.4) is 0 Å². The number of carbonyl (C=O) groups excluding carboxylic acids is 1. The van der Waals surface area contributed by atoms with Crippen molar-refractivity contribution in [1.82, 2.24) is 5.43 Å². The van der Waals surface area contributed by atoms with Crippen LogP contribution in [-0.4, -0.2) is 31.8 Å². The zero-order valence-electron chi connectivity index (χ0n) is 6.21. The highest BCUT2D eigenvalue weighted by Gasteiger charge is 2.17. The summed E-state index contributed by atoms with van der Waals surface area (Å²) >= 11 is 0. The number of hydrazine groups is 1. The normalized spacial score (nSPS) is 24.6. The molecule has 1 aliphatic heterocycles. The van der Waals surface area contributed by atoms with Crippen LogP contribution in [0.4, 0.5) is 0 Å². The average molecular weight is 160 g/mol. The lowest BCUT2D eigenvalue weighted by molar-refractivity contribution is -0.131. The third kappa shape index (κ3) is 2.83. The van der Waals surface area contributed by atoms with Crippen LogP contribution in [0.15, 0.2) is 0 Å². The van der Waals surface area contributed by atoms with Crippen molar-refractivity contribution in [3.8, 4) is 0 Å². The van der Waals surface area contributed by atoms with Crippen molar-refractivity contribution in [3.05, 3.63) is 0 Å². The van der Waals surface area contributed by atoms with Gasteiger partial charge >= 0.3 is 0 Å². The Morgan fingerprint density at radius 3 is 3.00 bits per heavy atom. The SMILES string of the molecule is NNC(=O)CC1COCCO1. The molecule has 0 bridgehead atoms. The van der Waals surface area contributed by atoms with E-state index in [4.69, 9.17) is 15.3 Å². The van der Waals surface area contributed by atoms with Crippen molar-refractivity contribution in [3.63, 3.8) is 0 Å². The minimum atomic E-state index is -0.222. The molecule has 1 aliphatic rings. The second-order valence-electron chi connectivity index (χ2n) is 2.34. The lowest BCUT2D eigenvalue weighted by Crippen LogP contribution is -2.37. The van der Waals surface area contributed by atoms with E-state index in [0.29, 0.717) is 19.8 Å². The highest BCUT2D eigenvalue weighted by Crippen LogP contribution is 2.03. The first-order valence-electron chi connectivity index (χ1n) is 3.51. The molecule has 1 amide bonds.